The van der Waals surface area contributed by atoms with Crippen molar-refractivity contribution in [2.75, 3.05) is 6.54 Å². The van der Waals surface area contributed by atoms with Gasteiger partial charge in [-0.3, -0.25) is 0 Å². The predicted molar refractivity (Wildman–Crippen MR) is 96.1 cm³/mol. The van der Waals surface area contributed by atoms with Crippen LogP contribution in [0.3, 0.4) is 0 Å². The molecule has 3 aromatic rings. The van der Waals surface area contributed by atoms with Crippen molar-refractivity contribution in [2.24, 2.45) is 0 Å². The molecule has 1 aromatic heterocycles. The number of rotatable bonds is 5. The molecular formula is C18H18BrNS. The van der Waals surface area contributed by atoms with Crippen LogP contribution in [0.5, 0.6) is 0 Å². The fourth-order valence-corrected chi connectivity index (χ4v) is 4.31. The average molecular weight is 360 g/mol. The fourth-order valence-electron chi connectivity index (χ4n) is 2.68. The maximum Gasteiger partial charge on any atom is 0.0380 e. The van der Waals surface area contributed by atoms with E-state index in [1.165, 1.54) is 26.4 Å². The van der Waals surface area contributed by atoms with E-state index in [0.29, 0.717) is 6.04 Å². The standard InChI is InChI=1S/C18H18BrNS/c1-2-20-18(16-11-21-12-17(16)19)10-13-7-8-14-5-3-4-6-15(14)9-13/h3-9,11-12,18,20H,2,10H2,1H3. The molecule has 1 heterocycles. The maximum absolute atomic E-state index is 3.66. The zero-order chi connectivity index (χ0) is 14.7. The minimum absolute atomic E-state index is 0.358. The Hall–Kier alpha value is -1.16. The number of halogens is 1. The number of benzene rings is 2. The molecule has 21 heavy (non-hydrogen) atoms. The van der Waals surface area contributed by atoms with Crippen LogP contribution in [-0.4, -0.2) is 6.54 Å². The number of hydrogen-bond acceptors (Lipinski definition) is 2. The van der Waals surface area contributed by atoms with E-state index in [1.54, 1.807) is 11.3 Å². The molecular weight excluding hydrogens is 342 g/mol. The quantitative estimate of drug-likeness (QED) is 0.628. The Kier molecular flexibility index (Phi) is 4.73. The smallest absolute Gasteiger partial charge is 0.0380 e. The number of thiophene rings is 1. The van der Waals surface area contributed by atoms with E-state index in [1.807, 2.05) is 0 Å². The Morgan fingerprint density at radius 3 is 2.62 bits per heavy atom. The largest absolute Gasteiger partial charge is 0.310 e. The fraction of sp³-hybridized carbons (Fsp3) is 0.222. The van der Waals surface area contributed by atoms with Crippen molar-refractivity contribution in [1.82, 2.24) is 5.32 Å². The van der Waals surface area contributed by atoms with E-state index in [-0.39, 0.29) is 0 Å². The molecule has 1 atom stereocenters. The summed E-state index contributed by atoms with van der Waals surface area (Å²) in [5.41, 5.74) is 2.73. The Balaban J connectivity index is 1.89. The van der Waals surface area contributed by atoms with Gasteiger partial charge >= 0.3 is 0 Å². The van der Waals surface area contributed by atoms with Crippen LogP contribution >= 0.6 is 27.3 Å². The lowest BCUT2D eigenvalue weighted by Crippen LogP contribution is -2.22. The molecule has 0 aliphatic carbocycles. The van der Waals surface area contributed by atoms with Crippen molar-refractivity contribution in [1.29, 1.82) is 0 Å². The lowest BCUT2D eigenvalue weighted by Gasteiger charge is -2.18. The third-order valence-corrected chi connectivity index (χ3v) is 5.47. The van der Waals surface area contributed by atoms with E-state index >= 15 is 0 Å². The Morgan fingerprint density at radius 1 is 1.10 bits per heavy atom. The topological polar surface area (TPSA) is 12.0 Å². The van der Waals surface area contributed by atoms with Gasteiger partial charge in [-0.2, -0.15) is 11.3 Å². The van der Waals surface area contributed by atoms with Gasteiger partial charge in [0.05, 0.1) is 0 Å². The first kappa shape index (κ1) is 14.8. The van der Waals surface area contributed by atoms with Gasteiger partial charge in [0.1, 0.15) is 0 Å². The molecule has 1 unspecified atom stereocenters. The van der Waals surface area contributed by atoms with Gasteiger partial charge in [-0.1, -0.05) is 49.4 Å². The van der Waals surface area contributed by atoms with E-state index in [4.69, 9.17) is 0 Å². The molecule has 0 radical (unpaired) electrons. The van der Waals surface area contributed by atoms with Crippen LogP contribution in [0.15, 0.2) is 57.7 Å². The van der Waals surface area contributed by atoms with Crippen molar-refractivity contribution in [2.45, 2.75) is 19.4 Å². The minimum atomic E-state index is 0.358. The summed E-state index contributed by atoms with van der Waals surface area (Å²) in [5.74, 6) is 0. The summed E-state index contributed by atoms with van der Waals surface area (Å²) >= 11 is 5.41. The van der Waals surface area contributed by atoms with Gasteiger partial charge in [-0.25, -0.2) is 0 Å². The lowest BCUT2D eigenvalue weighted by atomic mass is 9.98. The van der Waals surface area contributed by atoms with Gasteiger partial charge in [0.2, 0.25) is 0 Å². The number of likely N-dealkylation sites (N-methyl/N-ethyl adjacent to an activating group) is 1. The van der Waals surface area contributed by atoms with Crippen LogP contribution in [0.1, 0.15) is 24.1 Å². The number of hydrogen-bond donors (Lipinski definition) is 1. The van der Waals surface area contributed by atoms with Gasteiger partial charge in [0.25, 0.3) is 0 Å². The molecule has 2 aromatic carbocycles. The molecule has 3 heteroatoms. The van der Waals surface area contributed by atoms with E-state index < -0.39 is 0 Å². The Bertz CT molecular complexity index is 735. The van der Waals surface area contributed by atoms with Crippen molar-refractivity contribution >= 4 is 38.0 Å². The molecule has 0 fully saturated rings. The zero-order valence-electron chi connectivity index (χ0n) is 12.0. The van der Waals surface area contributed by atoms with E-state index in [9.17, 15) is 0 Å². The Labute approximate surface area is 138 Å². The molecule has 0 bridgehead atoms. The van der Waals surface area contributed by atoms with Gasteiger partial charge in [-0.15, -0.1) is 0 Å². The monoisotopic (exact) mass is 359 g/mol. The summed E-state index contributed by atoms with van der Waals surface area (Å²) in [6.45, 7) is 3.13. The van der Waals surface area contributed by atoms with Crippen LogP contribution in [0.2, 0.25) is 0 Å². The second-order valence-corrected chi connectivity index (χ2v) is 6.77. The van der Waals surface area contributed by atoms with Crippen molar-refractivity contribution in [3.8, 4) is 0 Å². The summed E-state index contributed by atoms with van der Waals surface area (Å²) in [6.07, 6.45) is 1.01. The lowest BCUT2D eigenvalue weighted by molar-refractivity contribution is 0.550. The molecule has 3 rings (SSSR count). The number of nitrogens with one attached hydrogen (secondary N) is 1. The highest BCUT2D eigenvalue weighted by Gasteiger charge is 2.15. The van der Waals surface area contributed by atoms with E-state index in [0.717, 1.165) is 13.0 Å². The van der Waals surface area contributed by atoms with Gasteiger partial charge in [0, 0.05) is 15.9 Å². The van der Waals surface area contributed by atoms with Crippen LogP contribution in [0, 0.1) is 0 Å². The van der Waals surface area contributed by atoms with Crippen molar-refractivity contribution < 1.29 is 0 Å². The summed E-state index contributed by atoms with van der Waals surface area (Å²) in [4.78, 5) is 0. The highest BCUT2D eigenvalue weighted by atomic mass is 79.9. The highest BCUT2D eigenvalue weighted by Crippen LogP contribution is 2.30. The SMILES string of the molecule is CCNC(Cc1ccc2ccccc2c1)c1cscc1Br. The molecule has 0 aliphatic rings. The summed E-state index contributed by atoms with van der Waals surface area (Å²) < 4.78 is 1.21. The molecule has 0 spiro atoms. The highest BCUT2D eigenvalue weighted by molar-refractivity contribution is 9.10. The minimum Gasteiger partial charge on any atom is -0.310 e. The van der Waals surface area contributed by atoms with Crippen LogP contribution in [0.4, 0.5) is 0 Å². The third kappa shape index (κ3) is 3.37. The van der Waals surface area contributed by atoms with Gasteiger partial charge < -0.3 is 5.32 Å². The molecule has 0 saturated heterocycles. The Morgan fingerprint density at radius 2 is 1.90 bits per heavy atom. The van der Waals surface area contributed by atoms with Crippen molar-refractivity contribution in [3.05, 3.63) is 68.8 Å². The average Bonchev–Trinajstić information content (AvgIpc) is 2.93. The molecule has 0 aliphatic heterocycles. The predicted octanol–water partition coefficient (Wildman–Crippen LogP) is 5.56. The molecule has 108 valence electrons. The van der Waals surface area contributed by atoms with Crippen molar-refractivity contribution in [3.63, 3.8) is 0 Å². The summed E-state index contributed by atoms with van der Waals surface area (Å²) in [6, 6.07) is 15.7. The molecule has 0 amide bonds. The third-order valence-electron chi connectivity index (χ3n) is 3.72. The normalized spacial score (nSPS) is 12.7. The number of fused-ring (bicyclic) bond motifs is 1. The maximum atomic E-state index is 3.66. The first-order valence-electron chi connectivity index (χ1n) is 7.20. The molecule has 1 nitrogen and oxygen atoms in total. The first-order chi connectivity index (χ1) is 10.3. The second kappa shape index (κ2) is 6.73. The molecule has 1 N–H and O–H groups in total. The van der Waals surface area contributed by atoms with Gasteiger partial charge in [-0.05, 0) is 56.2 Å². The summed E-state index contributed by atoms with van der Waals surface area (Å²) in [7, 11) is 0. The zero-order valence-corrected chi connectivity index (χ0v) is 14.4. The molecule has 0 saturated carbocycles. The van der Waals surface area contributed by atoms with Crippen LogP contribution in [0.25, 0.3) is 10.8 Å². The summed E-state index contributed by atoms with van der Waals surface area (Å²) in [5, 5.41) is 10.6. The van der Waals surface area contributed by atoms with E-state index in [2.05, 4.69) is 81.4 Å². The van der Waals surface area contributed by atoms with Crippen LogP contribution in [-0.2, 0) is 6.42 Å². The van der Waals surface area contributed by atoms with Crippen LogP contribution < -0.4 is 5.32 Å². The van der Waals surface area contributed by atoms with Gasteiger partial charge in [0.15, 0.2) is 0 Å². The second-order valence-electron chi connectivity index (χ2n) is 5.17. The first-order valence-corrected chi connectivity index (χ1v) is 8.94.